The molecule has 0 saturated carbocycles. The van der Waals surface area contributed by atoms with Gasteiger partial charge in [-0.3, -0.25) is 4.79 Å². The molecule has 0 aliphatic rings. The van der Waals surface area contributed by atoms with Gasteiger partial charge in [-0.05, 0) is 61.5 Å². The van der Waals surface area contributed by atoms with Crippen LogP contribution in [-0.2, 0) is 6.54 Å². The smallest absolute Gasteiger partial charge is 0.277 e. The zero-order chi connectivity index (χ0) is 19.7. The Kier molecular flexibility index (Phi) is 4.61. The lowest BCUT2D eigenvalue weighted by Gasteiger charge is -2.12. The molecule has 2 aromatic carbocycles. The lowest BCUT2D eigenvalue weighted by atomic mass is 10.1. The van der Waals surface area contributed by atoms with Gasteiger partial charge >= 0.3 is 0 Å². The molecule has 0 N–H and O–H groups in total. The molecule has 28 heavy (non-hydrogen) atoms. The van der Waals surface area contributed by atoms with Gasteiger partial charge in [-0.25, -0.2) is 4.52 Å². The maximum Gasteiger partial charge on any atom is 0.277 e. The van der Waals surface area contributed by atoms with Gasteiger partial charge in [0.05, 0.1) is 31.8 Å². The van der Waals surface area contributed by atoms with E-state index in [1.807, 2.05) is 67.7 Å². The van der Waals surface area contributed by atoms with Crippen molar-refractivity contribution in [2.75, 3.05) is 14.2 Å². The fourth-order valence-corrected chi connectivity index (χ4v) is 3.29. The summed E-state index contributed by atoms with van der Waals surface area (Å²) in [7, 11) is 3.27. The quantitative estimate of drug-likeness (QED) is 0.531. The summed E-state index contributed by atoms with van der Waals surface area (Å²) in [6, 6.07) is 17.1. The zero-order valence-electron chi connectivity index (χ0n) is 16.0. The molecule has 6 nitrogen and oxygen atoms in total. The Labute approximate surface area is 162 Å². The minimum atomic E-state index is -0.0666. The van der Waals surface area contributed by atoms with Crippen LogP contribution in [0, 0.1) is 0 Å². The number of nitrogens with zero attached hydrogens (tertiary/aromatic N) is 3. The van der Waals surface area contributed by atoms with Crippen molar-refractivity contribution in [2.24, 2.45) is 0 Å². The van der Waals surface area contributed by atoms with Gasteiger partial charge in [0.1, 0.15) is 17.0 Å². The summed E-state index contributed by atoms with van der Waals surface area (Å²) in [6.45, 7) is 2.53. The molecule has 0 aliphatic heterocycles. The van der Waals surface area contributed by atoms with Gasteiger partial charge in [-0.15, -0.1) is 0 Å². The van der Waals surface area contributed by atoms with Gasteiger partial charge in [-0.1, -0.05) is 0 Å². The fraction of sp³-hybridized carbons (Fsp3) is 0.182. The van der Waals surface area contributed by atoms with E-state index in [9.17, 15) is 4.79 Å². The van der Waals surface area contributed by atoms with Crippen LogP contribution in [0.5, 0.6) is 11.5 Å². The number of hydrogen-bond acceptors (Lipinski definition) is 4. The van der Waals surface area contributed by atoms with Crippen molar-refractivity contribution in [1.82, 2.24) is 14.2 Å². The zero-order valence-corrected chi connectivity index (χ0v) is 16.0. The predicted molar refractivity (Wildman–Crippen MR) is 109 cm³/mol. The molecule has 0 fully saturated rings. The molecule has 0 saturated heterocycles. The van der Waals surface area contributed by atoms with Gasteiger partial charge in [-0.2, -0.15) is 5.10 Å². The van der Waals surface area contributed by atoms with Crippen molar-refractivity contribution in [3.05, 3.63) is 71.1 Å². The molecule has 0 spiro atoms. The predicted octanol–water partition coefficient (Wildman–Crippen LogP) is 3.87. The number of fused-ring (bicyclic) bond motifs is 1. The summed E-state index contributed by atoms with van der Waals surface area (Å²) in [5, 5.41) is 4.63. The largest absolute Gasteiger partial charge is 0.497 e. The minimum Gasteiger partial charge on any atom is -0.497 e. The summed E-state index contributed by atoms with van der Waals surface area (Å²) in [5.41, 5.74) is 3.90. The van der Waals surface area contributed by atoms with E-state index < -0.39 is 0 Å². The maximum absolute atomic E-state index is 13.1. The molecule has 4 aromatic rings. The molecular formula is C22H21N3O3. The standard InChI is InChI=1S/C22H21N3O3/c1-4-24-21(16-7-11-18(28-3)12-8-16)14-25-20(22(24)26)13-19(23-25)15-5-9-17(27-2)10-6-15/h5-14H,4H2,1-3H3. The van der Waals surface area contributed by atoms with Crippen molar-refractivity contribution < 1.29 is 9.47 Å². The summed E-state index contributed by atoms with van der Waals surface area (Å²) in [6.07, 6.45) is 1.90. The molecule has 0 amide bonds. The lowest BCUT2D eigenvalue weighted by Crippen LogP contribution is -2.23. The Morgan fingerprint density at radius 2 is 1.46 bits per heavy atom. The van der Waals surface area contributed by atoms with Crippen molar-refractivity contribution in [3.8, 4) is 34.0 Å². The number of rotatable bonds is 5. The number of methoxy groups -OCH3 is 2. The fourth-order valence-electron chi connectivity index (χ4n) is 3.29. The first-order chi connectivity index (χ1) is 13.6. The van der Waals surface area contributed by atoms with E-state index in [0.717, 1.165) is 34.0 Å². The second kappa shape index (κ2) is 7.23. The van der Waals surface area contributed by atoms with Crippen LogP contribution in [-0.4, -0.2) is 28.4 Å². The van der Waals surface area contributed by atoms with E-state index in [0.29, 0.717) is 12.1 Å². The minimum absolute atomic E-state index is 0.0666. The third-order valence-corrected chi connectivity index (χ3v) is 4.82. The third-order valence-electron chi connectivity index (χ3n) is 4.82. The molecule has 0 unspecified atom stereocenters. The Hall–Kier alpha value is -3.54. The van der Waals surface area contributed by atoms with Crippen molar-refractivity contribution in [1.29, 1.82) is 0 Å². The van der Waals surface area contributed by atoms with Crippen LogP contribution in [0.3, 0.4) is 0 Å². The van der Waals surface area contributed by atoms with Crippen LogP contribution < -0.4 is 15.0 Å². The highest BCUT2D eigenvalue weighted by Gasteiger charge is 2.14. The van der Waals surface area contributed by atoms with Crippen LogP contribution in [0.15, 0.2) is 65.6 Å². The van der Waals surface area contributed by atoms with E-state index in [1.54, 1.807) is 23.3 Å². The molecule has 6 heteroatoms. The van der Waals surface area contributed by atoms with E-state index >= 15 is 0 Å². The Bertz CT molecular complexity index is 1170. The normalized spacial score (nSPS) is 11.0. The number of hydrogen-bond donors (Lipinski definition) is 0. The van der Waals surface area contributed by atoms with E-state index in [-0.39, 0.29) is 5.56 Å². The van der Waals surface area contributed by atoms with Crippen molar-refractivity contribution >= 4 is 5.52 Å². The molecule has 0 bridgehead atoms. The number of benzene rings is 2. The Morgan fingerprint density at radius 3 is 2.00 bits per heavy atom. The van der Waals surface area contributed by atoms with E-state index in [1.165, 1.54) is 0 Å². The molecule has 0 aliphatic carbocycles. The molecule has 0 atom stereocenters. The highest BCUT2D eigenvalue weighted by Crippen LogP contribution is 2.25. The first-order valence-corrected chi connectivity index (χ1v) is 9.06. The highest BCUT2D eigenvalue weighted by atomic mass is 16.5. The van der Waals surface area contributed by atoms with Gasteiger partial charge in [0.25, 0.3) is 5.56 Å². The second-order valence-electron chi connectivity index (χ2n) is 6.38. The number of aromatic nitrogens is 3. The average Bonchev–Trinajstić information content (AvgIpc) is 3.18. The van der Waals surface area contributed by atoms with Gasteiger partial charge in [0, 0.05) is 17.7 Å². The van der Waals surface area contributed by atoms with E-state index in [2.05, 4.69) is 5.10 Å². The maximum atomic E-state index is 13.1. The van der Waals surface area contributed by atoms with Crippen LogP contribution in [0.25, 0.3) is 28.0 Å². The summed E-state index contributed by atoms with van der Waals surface area (Å²) in [5.74, 6) is 1.55. The molecule has 2 aromatic heterocycles. The highest BCUT2D eigenvalue weighted by molar-refractivity contribution is 5.68. The van der Waals surface area contributed by atoms with Crippen LogP contribution in [0.4, 0.5) is 0 Å². The Morgan fingerprint density at radius 1 is 0.893 bits per heavy atom. The summed E-state index contributed by atoms with van der Waals surface area (Å²) < 4.78 is 13.9. The van der Waals surface area contributed by atoms with Crippen molar-refractivity contribution in [3.63, 3.8) is 0 Å². The lowest BCUT2D eigenvalue weighted by molar-refractivity contribution is 0.414. The van der Waals surface area contributed by atoms with Gasteiger partial charge in [0.15, 0.2) is 0 Å². The third kappa shape index (κ3) is 3.03. The van der Waals surface area contributed by atoms with Crippen LogP contribution in [0.2, 0.25) is 0 Å². The first kappa shape index (κ1) is 17.9. The van der Waals surface area contributed by atoms with Gasteiger partial charge in [0.2, 0.25) is 0 Å². The monoisotopic (exact) mass is 375 g/mol. The molecule has 142 valence electrons. The molecule has 4 rings (SSSR count). The van der Waals surface area contributed by atoms with Gasteiger partial charge < -0.3 is 14.0 Å². The Balaban J connectivity index is 1.86. The second-order valence-corrected chi connectivity index (χ2v) is 6.38. The molecular weight excluding hydrogens is 354 g/mol. The average molecular weight is 375 g/mol. The topological polar surface area (TPSA) is 57.8 Å². The molecule has 2 heterocycles. The first-order valence-electron chi connectivity index (χ1n) is 9.06. The molecule has 0 radical (unpaired) electrons. The summed E-state index contributed by atoms with van der Waals surface area (Å²) in [4.78, 5) is 13.1. The van der Waals surface area contributed by atoms with Crippen molar-refractivity contribution in [2.45, 2.75) is 13.5 Å². The SMILES string of the molecule is CCn1c(-c2ccc(OC)cc2)cn2nc(-c3ccc(OC)cc3)cc2c1=O. The van der Waals surface area contributed by atoms with Crippen LogP contribution in [0.1, 0.15) is 6.92 Å². The van der Waals surface area contributed by atoms with Crippen LogP contribution >= 0.6 is 0 Å². The number of ether oxygens (including phenoxy) is 2. The van der Waals surface area contributed by atoms with E-state index in [4.69, 9.17) is 9.47 Å². The summed E-state index contributed by atoms with van der Waals surface area (Å²) >= 11 is 0.